The number of hydrogen-bond acceptors (Lipinski definition) is 3. The lowest BCUT2D eigenvalue weighted by molar-refractivity contribution is 0.517. The molecule has 0 saturated carbocycles. The number of fused-ring (bicyclic) bond motifs is 1. The van der Waals surface area contributed by atoms with Gasteiger partial charge in [-0.15, -0.1) is 0 Å². The second kappa shape index (κ2) is 5.05. The quantitative estimate of drug-likeness (QED) is 0.736. The molecule has 0 amide bonds. The molecule has 3 rings (SSSR count). The van der Waals surface area contributed by atoms with Gasteiger partial charge < -0.3 is 10.2 Å². The second-order valence-electron chi connectivity index (χ2n) is 6.60. The van der Waals surface area contributed by atoms with Crippen molar-refractivity contribution in [3.8, 4) is 0 Å². The third-order valence-electron chi connectivity index (χ3n) is 3.88. The number of nitrogens with two attached hydrogens (primary N) is 1. The molecule has 1 heterocycles. The van der Waals surface area contributed by atoms with Gasteiger partial charge in [-0.25, -0.2) is 4.79 Å². The standard InChI is InChI=1S/C18H20N2O2/c1-18(2,3)13-9-7-12(8-10-13)11-20-16-14(19)5-4-6-15(16)22-17(20)21/h4-10H,11,19H2,1-3H3. The van der Waals surface area contributed by atoms with E-state index in [0.717, 1.165) is 5.56 Å². The van der Waals surface area contributed by atoms with E-state index >= 15 is 0 Å². The highest BCUT2D eigenvalue weighted by atomic mass is 16.4. The third-order valence-corrected chi connectivity index (χ3v) is 3.88. The SMILES string of the molecule is CC(C)(C)c1ccc(Cn2c(=O)oc3cccc(N)c32)cc1. The van der Waals surface area contributed by atoms with E-state index in [2.05, 4.69) is 32.9 Å². The highest BCUT2D eigenvalue weighted by molar-refractivity contribution is 5.85. The van der Waals surface area contributed by atoms with Gasteiger partial charge in [-0.05, 0) is 28.7 Å². The van der Waals surface area contributed by atoms with Crippen LogP contribution < -0.4 is 11.5 Å². The predicted octanol–water partition coefficient (Wildman–Crippen LogP) is 3.52. The summed E-state index contributed by atoms with van der Waals surface area (Å²) in [5, 5.41) is 0. The Morgan fingerprint density at radius 3 is 2.41 bits per heavy atom. The molecule has 0 radical (unpaired) electrons. The normalized spacial score (nSPS) is 12.0. The highest BCUT2D eigenvalue weighted by Gasteiger charge is 2.14. The molecule has 0 saturated heterocycles. The number of nitrogens with zero attached hydrogens (tertiary/aromatic N) is 1. The Morgan fingerprint density at radius 2 is 1.77 bits per heavy atom. The summed E-state index contributed by atoms with van der Waals surface area (Å²) in [5.74, 6) is -0.382. The van der Waals surface area contributed by atoms with Gasteiger partial charge in [0.05, 0.1) is 12.2 Å². The van der Waals surface area contributed by atoms with Crippen LogP contribution in [0.1, 0.15) is 31.9 Å². The molecule has 2 N–H and O–H groups in total. The molecule has 0 aliphatic carbocycles. The molecule has 2 aromatic carbocycles. The number of hydrogen-bond donors (Lipinski definition) is 1. The van der Waals surface area contributed by atoms with Gasteiger partial charge in [-0.1, -0.05) is 51.1 Å². The Bertz CT molecular complexity index is 865. The fourth-order valence-electron chi connectivity index (χ4n) is 2.59. The van der Waals surface area contributed by atoms with Gasteiger partial charge in [0, 0.05) is 0 Å². The molecule has 4 heteroatoms. The first kappa shape index (κ1) is 14.4. The molecule has 4 nitrogen and oxygen atoms in total. The van der Waals surface area contributed by atoms with Crippen LogP contribution in [0.25, 0.3) is 11.1 Å². The fraction of sp³-hybridized carbons (Fsp3) is 0.278. The zero-order chi connectivity index (χ0) is 15.9. The van der Waals surface area contributed by atoms with E-state index in [4.69, 9.17) is 10.2 Å². The van der Waals surface area contributed by atoms with E-state index in [9.17, 15) is 4.79 Å². The molecule has 0 aliphatic rings. The van der Waals surface area contributed by atoms with Gasteiger partial charge in [0.25, 0.3) is 0 Å². The van der Waals surface area contributed by atoms with Crippen LogP contribution in [0.5, 0.6) is 0 Å². The van der Waals surface area contributed by atoms with E-state index in [0.29, 0.717) is 23.3 Å². The molecular formula is C18H20N2O2. The molecule has 114 valence electrons. The molecule has 0 atom stereocenters. The molecule has 0 fully saturated rings. The summed E-state index contributed by atoms with van der Waals surface area (Å²) >= 11 is 0. The monoisotopic (exact) mass is 296 g/mol. The van der Waals surface area contributed by atoms with Crippen LogP contribution in [0.2, 0.25) is 0 Å². The maximum atomic E-state index is 12.1. The summed E-state index contributed by atoms with van der Waals surface area (Å²) in [5.41, 5.74) is 10.1. The maximum Gasteiger partial charge on any atom is 0.420 e. The average molecular weight is 296 g/mol. The molecule has 22 heavy (non-hydrogen) atoms. The summed E-state index contributed by atoms with van der Waals surface area (Å²) in [6, 6.07) is 13.6. The van der Waals surface area contributed by atoms with E-state index in [1.165, 1.54) is 5.56 Å². The van der Waals surface area contributed by atoms with Crippen LogP contribution in [0, 0.1) is 0 Å². The second-order valence-corrected chi connectivity index (χ2v) is 6.60. The number of benzene rings is 2. The lowest BCUT2D eigenvalue weighted by atomic mass is 9.87. The van der Waals surface area contributed by atoms with Crippen molar-refractivity contribution >= 4 is 16.8 Å². The Hall–Kier alpha value is -2.49. The average Bonchev–Trinajstić information content (AvgIpc) is 2.76. The third kappa shape index (κ3) is 2.52. The van der Waals surface area contributed by atoms with Gasteiger partial charge >= 0.3 is 5.76 Å². The first-order chi connectivity index (χ1) is 10.4. The van der Waals surface area contributed by atoms with E-state index in [-0.39, 0.29) is 11.2 Å². The van der Waals surface area contributed by atoms with Crippen molar-refractivity contribution in [3.05, 3.63) is 64.1 Å². The first-order valence-electron chi connectivity index (χ1n) is 7.33. The Kier molecular flexibility index (Phi) is 3.32. The molecule has 0 bridgehead atoms. The minimum atomic E-state index is -0.382. The van der Waals surface area contributed by atoms with Crippen LogP contribution in [0.15, 0.2) is 51.7 Å². The number of aromatic nitrogens is 1. The van der Waals surface area contributed by atoms with Crippen LogP contribution >= 0.6 is 0 Å². The smallest absolute Gasteiger partial charge is 0.408 e. The Labute approximate surface area is 129 Å². The van der Waals surface area contributed by atoms with Crippen molar-refractivity contribution < 1.29 is 4.42 Å². The van der Waals surface area contributed by atoms with Crippen molar-refractivity contribution in [1.82, 2.24) is 4.57 Å². The fourth-order valence-corrected chi connectivity index (χ4v) is 2.59. The van der Waals surface area contributed by atoms with Gasteiger partial charge in [0.15, 0.2) is 5.58 Å². The van der Waals surface area contributed by atoms with Crippen LogP contribution in [-0.2, 0) is 12.0 Å². The largest absolute Gasteiger partial charge is 0.420 e. The molecular weight excluding hydrogens is 276 g/mol. The van der Waals surface area contributed by atoms with Crippen molar-refractivity contribution in [2.75, 3.05) is 5.73 Å². The van der Waals surface area contributed by atoms with Gasteiger partial charge in [-0.2, -0.15) is 0 Å². The predicted molar refractivity (Wildman–Crippen MR) is 89.1 cm³/mol. The maximum absolute atomic E-state index is 12.1. The molecule has 3 aromatic rings. The zero-order valence-corrected chi connectivity index (χ0v) is 13.1. The van der Waals surface area contributed by atoms with Crippen molar-refractivity contribution in [2.24, 2.45) is 0 Å². The van der Waals surface area contributed by atoms with E-state index in [1.54, 1.807) is 22.8 Å². The van der Waals surface area contributed by atoms with Crippen molar-refractivity contribution in [3.63, 3.8) is 0 Å². The summed E-state index contributed by atoms with van der Waals surface area (Å²) < 4.78 is 6.84. The van der Waals surface area contributed by atoms with Crippen LogP contribution in [0.3, 0.4) is 0 Å². The van der Waals surface area contributed by atoms with E-state index in [1.807, 2.05) is 12.1 Å². The topological polar surface area (TPSA) is 61.2 Å². The number of oxazole rings is 1. The van der Waals surface area contributed by atoms with E-state index < -0.39 is 0 Å². The summed E-state index contributed by atoms with van der Waals surface area (Å²) in [7, 11) is 0. The lowest BCUT2D eigenvalue weighted by Crippen LogP contribution is -2.16. The minimum absolute atomic E-state index is 0.113. The van der Waals surface area contributed by atoms with Gasteiger partial charge in [0.1, 0.15) is 5.52 Å². The Morgan fingerprint density at radius 1 is 1.09 bits per heavy atom. The van der Waals surface area contributed by atoms with Gasteiger partial charge in [-0.3, -0.25) is 4.57 Å². The minimum Gasteiger partial charge on any atom is -0.408 e. The first-order valence-corrected chi connectivity index (χ1v) is 7.33. The number of nitrogen functional groups attached to an aromatic ring is 1. The van der Waals surface area contributed by atoms with Crippen molar-refractivity contribution in [2.45, 2.75) is 32.7 Å². The molecule has 0 unspecified atom stereocenters. The molecule has 1 aromatic heterocycles. The van der Waals surface area contributed by atoms with Gasteiger partial charge in [0.2, 0.25) is 0 Å². The summed E-state index contributed by atoms with van der Waals surface area (Å²) in [6.07, 6.45) is 0. The summed E-state index contributed by atoms with van der Waals surface area (Å²) in [4.78, 5) is 12.1. The lowest BCUT2D eigenvalue weighted by Gasteiger charge is -2.19. The zero-order valence-electron chi connectivity index (χ0n) is 13.1. The Balaban J connectivity index is 2.00. The number of anilines is 1. The molecule has 0 spiro atoms. The van der Waals surface area contributed by atoms with Crippen LogP contribution in [-0.4, -0.2) is 4.57 Å². The summed E-state index contributed by atoms with van der Waals surface area (Å²) in [6.45, 7) is 6.98. The van der Waals surface area contributed by atoms with Crippen LogP contribution in [0.4, 0.5) is 5.69 Å². The highest BCUT2D eigenvalue weighted by Crippen LogP contribution is 2.24. The number of rotatable bonds is 2. The van der Waals surface area contributed by atoms with Crippen molar-refractivity contribution in [1.29, 1.82) is 0 Å². The number of para-hydroxylation sites is 1. The molecule has 0 aliphatic heterocycles.